The molecule has 4 rings (SSSR count). The van der Waals surface area contributed by atoms with E-state index in [0.717, 1.165) is 5.02 Å². The van der Waals surface area contributed by atoms with E-state index in [4.69, 9.17) is 11.6 Å². The van der Waals surface area contributed by atoms with Gasteiger partial charge >= 0.3 is 0 Å². The Bertz CT molecular complexity index is 766. The molecule has 0 aliphatic heterocycles. The molecule has 0 fully saturated rings. The van der Waals surface area contributed by atoms with Gasteiger partial charge in [0, 0.05) is 17.1 Å². The van der Waals surface area contributed by atoms with Crippen LogP contribution in [-0.4, -0.2) is 0 Å². The monoisotopic (exact) mass is 404 g/mol. The van der Waals surface area contributed by atoms with Crippen molar-refractivity contribution in [1.82, 2.24) is 0 Å². The predicted molar refractivity (Wildman–Crippen MR) is 108 cm³/mol. The van der Waals surface area contributed by atoms with Crippen LogP contribution < -0.4 is 15.9 Å². The van der Waals surface area contributed by atoms with Gasteiger partial charge in [0.1, 0.15) is 0 Å². The minimum Gasteiger partial charge on any atom is -0.748 e. The number of rotatable bonds is 3. The number of hydrogen-bond acceptors (Lipinski definition) is 0. The van der Waals surface area contributed by atoms with Crippen molar-refractivity contribution in [3.05, 3.63) is 114 Å². The molecule has 0 unspecified atom stereocenters. The molecule has 0 aliphatic carbocycles. The maximum Gasteiger partial charge on any atom is 0 e. The van der Waals surface area contributed by atoms with E-state index in [1.807, 2.05) is 42.5 Å². The summed E-state index contributed by atoms with van der Waals surface area (Å²) >= 11 is 6.35. The minimum atomic E-state index is -0.562. The van der Waals surface area contributed by atoms with Gasteiger partial charge in [-0.15, -0.1) is 5.30 Å². The van der Waals surface area contributed by atoms with Gasteiger partial charge in [-0.25, -0.2) is 12.1 Å². The average Bonchev–Trinajstić information content (AvgIpc) is 3.33. The molecule has 4 aromatic rings. The molecule has 25 heavy (non-hydrogen) atoms. The summed E-state index contributed by atoms with van der Waals surface area (Å²) in [5.41, 5.74) is 0. The van der Waals surface area contributed by atoms with E-state index in [-0.39, 0.29) is 17.1 Å². The smallest absolute Gasteiger partial charge is 0 e. The van der Waals surface area contributed by atoms with E-state index in [0.29, 0.717) is 0 Å². The van der Waals surface area contributed by atoms with Crippen LogP contribution in [0.5, 0.6) is 0 Å². The zero-order chi connectivity index (χ0) is 16.6. The van der Waals surface area contributed by atoms with Gasteiger partial charge in [-0.05, 0) is 18.5 Å². The Morgan fingerprint density at radius 1 is 0.640 bits per heavy atom. The van der Waals surface area contributed by atoms with Gasteiger partial charge in [-0.3, -0.25) is 0 Å². The first-order valence-electron chi connectivity index (χ1n) is 7.84. The molecule has 4 aromatic carbocycles. The second kappa shape index (κ2) is 10.4. The van der Waals surface area contributed by atoms with Crippen molar-refractivity contribution in [2.24, 2.45) is 0 Å². The summed E-state index contributed by atoms with van der Waals surface area (Å²) < 4.78 is 0. The molecule has 132 valence electrons. The van der Waals surface area contributed by atoms with E-state index in [1.54, 1.807) is 0 Å². The van der Waals surface area contributed by atoms with Crippen molar-refractivity contribution >= 4 is 35.4 Å². The summed E-state index contributed by atoms with van der Waals surface area (Å²) in [4.78, 5) is 0. The minimum absolute atomic E-state index is 0. The third-order valence-corrected chi connectivity index (χ3v) is 6.53. The zero-order valence-electron chi connectivity index (χ0n) is 13.6. The zero-order valence-corrected chi connectivity index (χ0v) is 16.3. The Kier molecular flexibility index (Phi) is 8.19. The van der Waals surface area contributed by atoms with Crippen molar-refractivity contribution in [2.45, 2.75) is 0 Å². The Labute approximate surface area is 166 Å². The van der Waals surface area contributed by atoms with Crippen LogP contribution >= 0.6 is 19.5 Å². The van der Waals surface area contributed by atoms with Gasteiger partial charge in [0.15, 0.2) is 0 Å². The van der Waals surface area contributed by atoms with Crippen LogP contribution in [0.3, 0.4) is 0 Å². The fourth-order valence-corrected chi connectivity index (χ4v) is 5.18. The Balaban J connectivity index is 0.000000325. The summed E-state index contributed by atoms with van der Waals surface area (Å²) in [6.07, 6.45) is 0. The van der Waals surface area contributed by atoms with Gasteiger partial charge in [-0.2, -0.15) is 17.7 Å². The topological polar surface area (TPSA) is 0 Å². The second-order valence-corrected chi connectivity index (χ2v) is 7.82. The van der Waals surface area contributed by atoms with Crippen LogP contribution in [0.15, 0.2) is 109 Å². The molecule has 0 nitrogen and oxygen atoms in total. The van der Waals surface area contributed by atoms with Gasteiger partial charge in [0.25, 0.3) is 0 Å². The average molecular weight is 405 g/mol. The summed E-state index contributed by atoms with van der Waals surface area (Å²) in [5.74, 6) is 0. The molecule has 0 heterocycles. The number of halogens is 1. The fraction of sp³-hybridized carbons (Fsp3) is 0. The molecule has 0 amide bonds. The van der Waals surface area contributed by atoms with Crippen molar-refractivity contribution in [2.75, 3.05) is 0 Å². The number of hydrogen-bond donors (Lipinski definition) is 0. The van der Waals surface area contributed by atoms with Gasteiger partial charge in [0.05, 0.1) is 0 Å². The van der Waals surface area contributed by atoms with Gasteiger partial charge in [-0.1, -0.05) is 65.7 Å². The van der Waals surface area contributed by atoms with Crippen molar-refractivity contribution in [3.63, 3.8) is 0 Å². The summed E-state index contributed by atoms with van der Waals surface area (Å²) in [7, 11) is -0.562. The van der Waals surface area contributed by atoms with Crippen LogP contribution in [0.1, 0.15) is 0 Å². The molecule has 0 radical (unpaired) electrons. The molecular weight excluding hydrogens is 387 g/mol. The first kappa shape index (κ1) is 19.7. The molecule has 3 heteroatoms. The normalized spacial score (nSPS) is 9.84. The largest absolute Gasteiger partial charge is 0.748 e. The van der Waals surface area contributed by atoms with Crippen molar-refractivity contribution < 1.29 is 17.1 Å². The summed E-state index contributed by atoms with van der Waals surface area (Å²) in [6, 6.07) is 37.3. The molecule has 0 N–H and O–H groups in total. The standard InChI is InChI=1S/C17H13ClP.C5H5.Fe/c18-16-12-7-13-17(16)19(14-8-3-1-4-9-14)15-10-5-2-6-11-15;1-2-4-5-3-1;/h1-13H;1-5H;/q-1;-5;. The SMILES string of the molecule is Cl[c-]1cccc1P(c1ccccc1)c1ccccc1.[Fe].[cH-]1[cH-][cH-][cH-][cH-]1. The fourth-order valence-electron chi connectivity index (χ4n) is 2.47. The Hall–Kier alpha value is -1.62. The molecule has 0 atom stereocenters. The second-order valence-electron chi connectivity index (χ2n) is 5.23. The summed E-state index contributed by atoms with van der Waals surface area (Å²) in [5, 5.41) is 4.75. The third kappa shape index (κ3) is 5.43. The molecule has 0 spiro atoms. The summed E-state index contributed by atoms with van der Waals surface area (Å²) in [6.45, 7) is 0. The number of benzene rings is 2. The van der Waals surface area contributed by atoms with E-state index >= 15 is 0 Å². The van der Waals surface area contributed by atoms with Gasteiger partial charge < -0.3 is 30.3 Å². The Morgan fingerprint density at radius 2 is 1.08 bits per heavy atom. The molecule has 0 aromatic heterocycles. The van der Waals surface area contributed by atoms with Crippen LogP contribution in [0, 0.1) is 0 Å². The first-order chi connectivity index (χ1) is 11.9. The quantitative estimate of drug-likeness (QED) is 0.249. The van der Waals surface area contributed by atoms with Crippen LogP contribution in [0.4, 0.5) is 0 Å². The van der Waals surface area contributed by atoms with Crippen molar-refractivity contribution in [1.29, 1.82) is 0 Å². The van der Waals surface area contributed by atoms with E-state index in [1.165, 1.54) is 15.9 Å². The van der Waals surface area contributed by atoms with Crippen LogP contribution in [-0.2, 0) is 17.1 Å². The third-order valence-electron chi connectivity index (χ3n) is 3.57. The van der Waals surface area contributed by atoms with Crippen LogP contribution in [0.25, 0.3) is 0 Å². The van der Waals surface area contributed by atoms with E-state index < -0.39 is 7.92 Å². The van der Waals surface area contributed by atoms with Gasteiger partial charge in [0.2, 0.25) is 0 Å². The maximum absolute atomic E-state index is 6.35. The molecule has 0 bridgehead atoms. The van der Waals surface area contributed by atoms with E-state index in [2.05, 4.69) is 66.7 Å². The predicted octanol–water partition coefficient (Wildman–Crippen LogP) is 5.22. The first-order valence-corrected chi connectivity index (χ1v) is 9.56. The van der Waals surface area contributed by atoms with E-state index in [9.17, 15) is 0 Å². The Morgan fingerprint density at radius 3 is 1.44 bits per heavy atom. The molecule has 0 saturated heterocycles. The van der Waals surface area contributed by atoms with Crippen molar-refractivity contribution in [3.8, 4) is 0 Å². The molecular formula is C22H18ClFeP-6. The van der Waals surface area contributed by atoms with Crippen LogP contribution in [0.2, 0.25) is 5.02 Å². The molecule has 0 aliphatic rings. The maximum atomic E-state index is 6.35. The molecule has 0 saturated carbocycles.